The number of amides is 1. The third-order valence-electron chi connectivity index (χ3n) is 5.58. The zero-order chi connectivity index (χ0) is 24.7. The summed E-state index contributed by atoms with van der Waals surface area (Å²) < 4.78 is 1.89. The lowest BCUT2D eigenvalue weighted by Crippen LogP contribution is -2.44. The van der Waals surface area contributed by atoms with Crippen LogP contribution in [0.25, 0.3) is 6.08 Å². The molecule has 0 aliphatic carbocycles. The summed E-state index contributed by atoms with van der Waals surface area (Å²) >= 11 is 0. The average molecular weight is 459 g/mol. The number of carboxylic acids is 1. The van der Waals surface area contributed by atoms with Gasteiger partial charge in [-0.1, -0.05) is 68.0 Å². The van der Waals surface area contributed by atoms with Gasteiger partial charge in [-0.3, -0.25) is 9.59 Å². The van der Waals surface area contributed by atoms with E-state index in [0.29, 0.717) is 24.2 Å². The number of hydrogen-bond donors (Lipinski definition) is 2. The van der Waals surface area contributed by atoms with Gasteiger partial charge in [0.25, 0.3) is 5.91 Å². The Hall–Kier alpha value is -3.93. The topological polar surface area (TPSA) is 88.4 Å². The molecule has 0 aliphatic rings. The van der Waals surface area contributed by atoms with Crippen LogP contribution in [0.5, 0.6) is 0 Å². The Labute approximate surface area is 199 Å². The number of aryl methyl sites for hydroxylation is 1. The van der Waals surface area contributed by atoms with Crippen molar-refractivity contribution in [3.8, 4) is 0 Å². The number of nitrogens with one attached hydrogen (secondary N) is 1. The van der Waals surface area contributed by atoms with Crippen LogP contribution in [0.15, 0.2) is 72.9 Å². The second-order valence-corrected chi connectivity index (χ2v) is 8.69. The molecule has 0 fully saturated rings. The van der Waals surface area contributed by atoms with Gasteiger partial charge in [0.15, 0.2) is 5.78 Å². The van der Waals surface area contributed by atoms with E-state index in [1.54, 1.807) is 32.0 Å². The Morgan fingerprint density at radius 3 is 2.44 bits per heavy atom. The lowest BCUT2D eigenvalue weighted by atomic mass is 10.0. The van der Waals surface area contributed by atoms with Gasteiger partial charge in [0.1, 0.15) is 6.04 Å². The Bertz CT molecular complexity index is 1190. The zero-order valence-electron chi connectivity index (χ0n) is 19.7. The maximum absolute atomic E-state index is 12.8. The minimum Gasteiger partial charge on any atom is -0.480 e. The summed E-state index contributed by atoms with van der Waals surface area (Å²) in [5.74, 6) is -1.65. The number of aromatic nitrogens is 1. The first-order valence-corrected chi connectivity index (χ1v) is 11.3. The van der Waals surface area contributed by atoms with Gasteiger partial charge in [0, 0.05) is 24.7 Å². The second-order valence-electron chi connectivity index (χ2n) is 8.69. The fraction of sp³-hybridized carbons (Fsp3) is 0.250. The maximum atomic E-state index is 12.8. The van der Waals surface area contributed by atoms with E-state index in [-0.39, 0.29) is 11.7 Å². The van der Waals surface area contributed by atoms with E-state index in [1.807, 2.05) is 72.3 Å². The van der Waals surface area contributed by atoms with Gasteiger partial charge in [-0.25, -0.2) is 4.79 Å². The van der Waals surface area contributed by atoms with E-state index < -0.39 is 17.9 Å². The van der Waals surface area contributed by atoms with Gasteiger partial charge in [-0.05, 0) is 48.2 Å². The number of ketones is 1. The summed E-state index contributed by atoms with van der Waals surface area (Å²) in [7, 11) is 0. The molecule has 3 rings (SSSR count). The molecule has 1 aromatic heterocycles. The van der Waals surface area contributed by atoms with Crippen LogP contribution in [0.1, 0.15) is 51.4 Å². The highest BCUT2D eigenvalue weighted by Gasteiger charge is 2.23. The molecule has 6 nitrogen and oxygen atoms in total. The van der Waals surface area contributed by atoms with Gasteiger partial charge in [-0.15, -0.1) is 0 Å². The number of benzene rings is 2. The number of allylic oxidation sites excluding steroid dienone is 1. The smallest absolute Gasteiger partial charge is 0.326 e. The van der Waals surface area contributed by atoms with E-state index in [2.05, 4.69) is 5.32 Å². The van der Waals surface area contributed by atoms with Crippen LogP contribution in [0.4, 0.5) is 0 Å². The number of nitrogens with zero attached hydrogens (tertiary/aromatic N) is 1. The normalized spacial score (nSPS) is 12.1. The molecule has 34 heavy (non-hydrogen) atoms. The summed E-state index contributed by atoms with van der Waals surface area (Å²) in [6.45, 7) is 6.02. The molecule has 0 spiro atoms. The molecule has 3 aromatic rings. The van der Waals surface area contributed by atoms with Gasteiger partial charge < -0.3 is 15.0 Å². The lowest BCUT2D eigenvalue weighted by molar-refractivity contribution is -0.140. The minimum absolute atomic E-state index is 0.0547. The third kappa shape index (κ3) is 6.54. The van der Waals surface area contributed by atoms with Crippen LogP contribution in [0, 0.1) is 12.8 Å². The molecule has 0 aliphatic heterocycles. The van der Waals surface area contributed by atoms with Crippen molar-refractivity contribution in [1.82, 2.24) is 9.88 Å². The van der Waals surface area contributed by atoms with Crippen molar-refractivity contribution in [2.45, 2.75) is 39.8 Å². The molecule has 0 saturated carbocycles. The van der Waals surface area contributed by atoms with Crippen molar-refractivity contribution in [3.05, 3.63) is 101 Å². The highest BCUT2D eigenvalue weighted by atomic mass is 16.4. The molecule has 0 radical (unpaired) electrons. The third-order valence-corrected chi connectivity index (χ3v) is 5.58. The molecule has 0 bridgehead atoms. The fourth-order valence-electron chi connectivity index (χ4n) is 3.63. The maximum Gasteiger partial charge on any atom is 0.326 e. The molecule has 1 atom stereocenters. The Kier molecular flexibility index (Phi) is 8.19. The molecule has 1 heterocycles. The predicted octanol–water partition coefficient (Wildman–Crippen LogP) is 4.77. The van der Waals surface area contributed by atoms with Crippen molar-refractivity contribution in [2.24, 2.45) is 5.92 Å². The Morgan fingerprint density at radius 1 is 1.03 bits per heavy atom. The summed E-state index contributed by atoms with van der Waals surface area (Å²) in [6, 6.07) is 17.7. The molecule has 2 N–H and O–H groups in total. The number of hydrogen-bond acceptors (Lipinski definition) is 3. The average Bonchev–Trinajstić information content (AvgIpc) is 3.27. The van der Waals surface area contributed by atoms with Gasteiger partial charge >= 0.3 is 5.97 Å². The quantitative estimate of drug-likeness (QED) is 0.428. The number of aliphatic carboxylic acids is 1. The summed E-state index contributed by atoms with van der Waals surface area (Å²) in [6.07, 6.45) is 6.02. The van der Waals surface area contributed by atoms with Crippen LogP contribution in [-0.2, 0) is 17.8 Å². The molecule has 1 amide bonds. The Balaban J connectivity index is 1.65. The van der Waals surface area contributed by atoms with Crippen LogP contribution in [0.3, 0.4) is 0 Å². The largest absolute Gasteiger partial charge is 0.480 e. The monoisotopic (exact) mass is 458 g/mol. The molecular weight excluding hydrogens is 428 g/mol. The molecular formula is C28H30N2O4. The van der Waals surface area contributed by atoms with E-state index >= 15 is 0 Å². The molecule has 2 aromatic carbocycles. The van der Waals surface area contributed by atoms with E-state index in [4.69, 9.17) is 0 Å². The first kappa shape index (κ1) is 24.7. The lowest BCUT2D eigenvalue weighted by Gasteiger charge is -2.18. The van der Waals surface area contributed by atoms with Crippen LogP contribution in [0.2, 0.25) is 0 Å². The number of rotatable bonds is 10. The van der Waals surface area contributed by atoms with Crippen molar-refractivity contribution in [1.29, 1.82) is 0 Å². The van der Waals surface area contributed by atoms with Crippen molar-refractivity contribution in [3.63, 3.8) is 0 Å². The van der Waals surface area contributed by atoms with E-state index in [1.165, 1.54) is 0 Å². The van der Waals surface area contributed by atoms with Gasteiger partial charge in [0.2, 0.25) is 0 Å². The van der Waals surface area contributed by atoms with Crippen LogP contribution >= 0.6 is 0 Å². The molecule has 0 saturated heterocycles. The van der Waals surface area contributed by atoms with E-state index in [0.717, 1.165) is 16.7 Å². The zero-order valence-corrected chi connectivity index (χ0v) is 19.7. The Morgan fingerprint density at radius 2 is 1.76 bits per heavy atom. The SMILES string of the molecule is Cc1ccc(CC(=O)c2cccn2C/C=C/c2cccc(C(=O)N[C@H](C(=O)O)C(C)C)c2)cc1. The second kappa shape index (κ2) is 11.3. The number of carbonyl (C=O) groups excluding carboxylic acids is 2. The highest BCUT2D eigenvalue weighted by molar-refractivity contribution is 5.97. The first-order chi connectivity index (χ1) is 16.2. The standard InChI is InChI=1S/C28H30N2O4/c1-19(2)26(28(33)34)29-27(32)23-9-4-7-21(17-23)8-5-15-30-16-6-10-24(30)25(31)18-22-13-11-20(3)12-14-22/h4-14,16-17,19,26H,15,18H2,1-3H3,(H,29,32)(H,33,34)/b8-5+/t26-/m0/s1. The number of carboxylic acid groups (broad SMARTS) is 1. The van der Waals surface area contributed by atoms with E-state index in [9.17, 15) is 19.5 Å². The summed E-state index contributed by atoms with van der Waals surface area (Å²) in [5, 5.41) is 11.9. The number of carbonyl (C=O) groups is 3. The fourth-order valence-corrected chi connectivity index (χ4v) is 3.63. The molecule has 0 unspecified atom stereocenters. The van der Waals surface area contributed by atoms with Gasteiger partial charge in [0.05, 0.1) is 5.69 Å². The van der Waals surface area contributed by atoms with Crippen molar-refractivity contribution < 1.29 is 19.5 Å². The minimum atomic E-state index is -1.06. The first-order valence-electron chi connectivity index (χ1n) is 11.3. The molecule has 6 heteroatoms. The summed E-state index contributed by atoms with van der Waals surface area (Å²) in [4.78, 5) is 36.7. The predicted molar refractivity (Wildman–Crippen MR) is 133 cm³/mol. The van der Waals surface area contributed by atoms with Crippen molar-refractivity contribution in [2.75, 3.05) is 0 Å². The van der Waals surface area contributed by atoms with Gasteiger partial charge in [-0.2, -0.15) is 0 Å². The molecule has 176 valence electrons. The van der Waals surface area contributed by atoms with Crippen molar-refractivity contribution >= 4 is 23.7 Å². The summed E-state index contributed by atoms with van der Waals surface area (Å²) in [5.41, 5.74) is 3.99. The van der Waals surface area contributed by atoms with Crippen LogP contribution in [-0.4, -0.2) is 33.4 Å². The highest BCUT2D eigenvalue weighted by Crippen LogP contribution is 2.13. The van der Waals surface area contributed by atoms with Crippen LogP contribution < -0.4 is 5.32 Å². The number of Topliss-reactive ketones (excluding diaryl/α,β-unsaturated/α-hetero) is 1.